The van der Waals surface area contributed by atoms with Gasteiger partial charge in [-0.3, -0.25) is 19.2 Å². The Morgan fingerprint density at radius 3 is 1.93 bits per heavy atom. The van der Waals surface area contributed by atoms with Gasteiger partial charge in [-0.1, -0.05) is 19.1 Å². The van der Waals surface area contributed by atoms with Crippen molar-refractivity contribution < 1.29 is 29.0 Å². The SMILES string of the molecule is COC(=O)CC(C)CCC(=O)c1cccs1.O=C(O)CCCCC(=O)c1cccs1. The third-order valence-electron chi connectivity index (χ3n) is 4.24. The van der Waals surface area contributed by atoms with Gasteiger partial charge in [-0.25, -0.2) is 0 Å². The number of carboxylic acids is 1. The van der Waals surface area contributed by atoms with Crippen LogP contribution in [0.1, 0.15) is 71.2 Å². The Bertz CT molecular complexity index is 781. The number of aliphatic carboxylic acids is 1. The Hall–Kier alpha value is -2.32. The van der Waals surface area contributed by atoms with Crippen molar-refractivity contribution in [2.75, 3.05) is 7.11 Å². The van der Waals surface area contributed by atoms with E-state index in [4.69, 9.17) is 5.11 Å². The standard InChI is InChI=1S/C12H16O3S.C10H12O3S/c1-9(8-12(14)15-2)5-6-10(13)11-4-3-7-16-11;11-8(9-5-3-7-14-9)4-1-2-6-10(12)13/h3-4,7,9H,5-6,8H2,1-2H3;3,5,7H,1-2,4,6H2,(H,12,13). The fraction of sp³-hybridized carbons (Fsp3) is 0.455. The van der Waals surface area contributed by atoms with E-state index in [9.17, 15) is 19.2 Å². The molecule has 2 aromatic heterocycles. The highest BCUT2D eigenvalue weighted by atomic mass is 32.1. The molecule has 0 saturated heterocycles. The molecule has 1 atom stereocenters. The molecule has 164 valence electrons. The summed E-state index contributed by atoms with van der Waals surface area (Å²) in [6.07, 6.45) is 3.44. The zero-order chi connectivity index (χ0) is 22.4. The van der Waals surface area contributed by atoms with Gasteiger partial charge in [0.25, 0.3) is 0 Å². The number of carbonyl (C=O) groups excluding carboxylic acids is 3. The van der Waals surface area contributed by atoms with Crippen LogP contribution in [0.4, 0.5) is 0 Å². The Morgan fingerprint density at radius 2 is 1.47 bits per heavy atom. The molecule has 0 spiro atoms. The van der Waals surface area contributed by atoms with Crippen molar-refractivity contribution in [1.29, 1.82) is 0 Å². The highest BCUT2D eigenvalue weighted by Crippen LogP contribution is 2.17. The average Bonchev–Trinajstić information content (AvgIpc) is 3.43. The summed E-state index contributed by atoms with van der Waals surface area (Å²) in [5.74, 6) is -0.543. The molecule has 1 unspecified atom stereocenters. The number of unbranched alkanes of at least 4 members (excludes halogenated alkanes) is 1. The van der Waals surface area contributed by atoms with Crippen LogP contribution in [0.5, 0.6) is 0 Å². The number of thiophene rings is 2. The third kappa shape index (κ3) is 11.0. The minimum atomic E-state index is -0.798. The lowest BCUT2D eigenvalue weighted by molar-refractivity contribution is -0.141. The van der Waals surface area contributed by atoms with Gasteiger partial charge >= 0.3 is 11.9 Å². The molecule has 2 rings (SSSR count). The van der Waals surface area contributed by atoms with Gasteiger partial charge in [0, 0.05) is 25.7 Å². The van der Waals surface area contributed by atoms with Gasteiger partial charge in [-0.2, -0.15) is 0 Å². The van der Waals surface area contributed by atoms with Crippen LogP contribution in [0, 0.1) is 5.92 Å². The van der Waals surface area contributed by atoms with Gasteiger partial charge in [0.2, 0.25) is 0 Å². The van der Waals surface area contributed by atoms with E-state index in [0.717, 1.165) is 16.2 Å². The first-order chi connectivity index (χ1) is 14.3. The normalized spacial score (nSPS) is 11.1. The van der Waals surface area contributed by atoms with E-state index in [1.54, 1.807) is 6.07 Å². The molecule has 0 bridgehead atoms. The molecule has 0 aliphatic rings. The van der Waals surface area contributed by atoms with Crippen LogP contribution < -0.4 is 0 Å². The number of carbonyl (C=O) groups is 4. The minimum absolute atomic E-state index is 0.116. The van der Waals surface area contributed by atoms with Gasteiger partial charge in [-0.15, -0.1) is 22.7 Å². The maximum Gasteiger partial charge on any atom is 0.305 e. The summed E-state index contributed by atoms with van der Waals surface area (Å²) in [7, 11) is 1.38. The van der Waals surface area contributed by atoms with Crippen molar-refractivity contribution in [3.63, 3.8) is 0 Å². The molecule has 0 aromatic carbocycles. The number of hydrogen-bond acceptors (Lipinski definition) is 7. The highest BCUT2D eigenvalue weighted by Gasteiger charge is 2.13. The summed E-state index contributed by atoms with van der Waals surface area (Å²) in [6.45, 7) is 1.96. The average molecular weight is 453 g/mol. The number of rotatable bonds is 12. The van der Waals surface area contributed by atoms with Crippen molar-refractivity contribution in [2.45, 2.75) is 51.9 Å². The topological polar surface area (TPSA) is 97.7 Å². The van der Waals surface area contributed by atoms with E-state index in [1.807, 2.05) is 35.9 Å². The van der Waals surface area contributed by atoms with E-state index in [1.165, 1.54) is 29.8 Å². The largest absolute Gasteiger partial charge is 0.481 e. The van der Waals surface area contributed by atoms with Gasteiger partial charge in [0.15, 0.2) is 11.6 Å². The fourth-order valence-corrected chi connectivity index (χ4v) is 3.92. The van der Waals surface area contributed by atoms with Crippen LogP contribution in [0.2, 0.25) is 0 Å². The molecule has 1 N–H and O–H groups in total. The fourth-order valence-electron chi connectivity index (χ4n) is 2.53. The number of methoxy groups -OCH3 is 1. The summed E-state index contributed by atoms with van der Waals surface area (Å²) in [6, 6.07) is 7.34. The molecule has 0 radical (unpaired) electrons. The maximum absolute atomic E-state index is 11.7. The van der Waals surface area contributed by atoms with Gasteiger partial charge in [-0.05, 0) is 48.1 Å². The maximum atomic E-state index is 11.7. The molecular formula is C22H28O6S2. The van der Waals surface area contributed by atoms with Gasteiger partial charge < -0.3 is 9.84 Å². The lowest BCUT2D eigenvalue weighted by Crippen LogP contribution is -2.08. The lowest BCUT2D eigenvalue weighted by Gasteiger charge is -2.08. The van der Waals surface area contributed by atoms with Crippen LogP contribution in [-0.4, -0.2) is 35.7 Å². The molecular weight excluding hydrogens is 424 g/mol. The first-order valence-electron chi connectivity index (χ1n) is 9.75. The van der Waals surface area contributed by atoms with E-state index >= 15 is 0 Å². The highest BCUT2D eigenvalue weighted by molar-refractivity contribution is 7.12. The van der Waals surface area contributed by atoms with Gasteiger partial charge in [0.05, 0.1) is 16.9 Å². The van der Waals surface area contributed by atoms with Crippen molar-refractivity contribution in [3.8, 4) is 0 Å². The first kappa shape index (κ1) is 25.7. The number of ketones is 2. The van der Waals surface area contributed by atoms with Gasteiger partial charge in [0.1, 0.15) is 0 Å². The molecule has 0 saturated carbocycles. The summed E-state index contributed by atoms with van der Waals surface area (Å²) in [4.78, 5) is 45.8. The first-order valence-corrected chi connectivity index (χ1v) is 11.5. The van der Waals surface area contributed by atoms with Crippen LogP contribution in [0.25, 0.3) is 0 Å². The van der Waals surface area contributed by atoms with Crippen LogP contribution >= 0.6 is 22.7 Å². The summed E-state index contributed by atoms with van der Waals surface area (Å²) < 4.78 is 4.58. The predicted octanol–water partition coefficient (Wildman–Crippen LogP) is 5.49. The summed E-state index contributed by atoms with van der Waals surface area (Å²) in [5, 5.41) is 12.1. The summed E-state index contributed by atoms with van der Waals surface area (Å²) in [5.41, 5.74) is 0. The third-order valence-corrected chi connectivity index (χ3v) is 6.07. The lowest BCUT2D eigenvalue weighted by atomic mass is 10.00. The smallest absolute Gasteiger partial charge is 0.305 e. The summed E-state index contributed by atoms with van der Waals surface area (Å²) >= 11 is 2.89. The molecule has 2 heterocycles. The van der Waals surface area contributed by atoms with Crippen molar-refractivity contribution in [3.05, 3.63) is 44.8 Å². The van der Waals surface area contributed by atoms with E-state index in [-0.39, 0.29) is 29.9 Å². The predicted molar refractivity (Wildman–Crippen MR) is 118 cm³/mol. The zero-order valence-electron chi connectivity index (χ0n) is 17.3. The van der Waals surface area contributed by atoms with Crippen molar-refractivity contribution >= 4 is 46.2 Å². The Kier molecular flexibility index (Phi) is 12.5. The Morgan fingerprint density at radius 1 is 0.933 bits per heavy atom. The van der Waals surface area contributed by atoms with E-state index in [2.05, 4.69) is 4.74 Å². The molecule has 0 amide bonds. The zero-order valence-corrected chi connectivity index (χ0v) is 18.9. The number of hydrogen-bond donors (Lipinski definition) is 1. The van der Waals surface area contributed by atoms with E-state index < -0.39 is 5.97 Å². The van der Waals surface area contributed by atoms with Crippen LogP contribution in [0.15, 0.2) is 35.0 Å². The Labute approximate surface area is 184 Å². The number of ether oxygens (including phenoxy) is 1. The molecule has 0 aliphatic heterocycles. The Balaban J connectivity index is 0.000000303. The number of Topliss-reactive ketones (excluding diaryl/α,β-unsaturated/α-hetero) is 2. The quantitative estimate of drug-likeness (QED) is 0.260. The monoisotopic (exact) mass is 452 g/mol. The second-order valence-corrected chi connectivity index (χ2v) is 8.72. The van der Waals surface area contributed by atoms with Crippen LogP contribution in [0.3, 0.4) is 0 Å². The molecule has 2 aromatic rings. The molecule has 8 heteroatoms. The molecule has 30 heavy (non-hydrogen) atoms. The number of esters is 1. The number of carboxylic acid groups (broad SMARTS) is 1. The second kappa shape index (κ2) is 14.6. The van der Waals surface area contributed by atoms with Crippen molar-refractivity contribution in [1.82, 2.24) is 0 Å². The van der Waals surface area contributed by atoms with Crippen molar-refractivity contribution in [2.24, 2.45) is 5.92 Å². The molecule has 6 nitrogen and oxygen atoms in total. The molecule has 0 fully saturated rings. The second-order valence-electron chi connectivity index (χ2n) is 6.83. The van der Waals surface area contributed by atoms with E-state index in [0.29, 0.717) is 32.1 Å². The molecule has 0 aliphatic carbocycles. The van der Waals surface area contributed by atoms with Crippen LogP contribution in [-0.2, 0) is 14.3 Å². The minimum Gasteiger partial charge on any atom is -0.481 e.